The lowest BCUT2D eigenvalue weighted by Crippen LogP contribution is -2.36. The van der Waals surface area contributed by atoms with Crippen LogP contribution in [0.3, 0.4) is 0 Å². The molecule has 0 aromatic heterocycles. The maximum atomic E-state index is 10.7. The monoisotopic (exact) mass is 266 g/mol. The summed E-state index contributed by atoms with van der Waals surface area (Å²) in [6, 6.07) is 6.61. The van der Waals surface area contributed by atoms with Gasteiger partial charge in [-0.25, -0.2) is 0 Å². The van der Waals surface area contributed by atoms with E-state index in [0.29, 0.717) is 13.1 Å². The number of nitro benzene ring substituents is 1. The van der Waals surface area contributed by atoms with E-state index in [4.69, 9.17) is 0 Å². The van der Waals surface area contributed by atoms with Gasteiger partial charge >= 0.3 is 0 Å². The van der Waals surface area contributed by atoms with E-state index >= 15 is 0 Å². The van der Waals surface area contributed by atoms with E-state index in [1.807, 2.05) is 6.07 Å². The molecule has 1 rings (SSSR count). The fraction of sp³-hybridized carbons (Fsp3) is 0.571. The molecule has 1 aromatic rings. The molecule has 0 radical (unpaired) electrons. The van der Waals surface area contributed by atoms with E-state index in [1.54, 1.807) is 12.1 Å². The van der Waals surface area contributed by atoms with E-state index in [-0.39, 0.29) is 22.6 Å². The number of hydrogen-bond acceptors (Lipinski definition) is 4. The second-order valence-corrected chi connectivity index (χ2v) is 4.90. The first-order chi connectivity index (χ1) is 9.06. The second kappa shape index (κ2) is 7.21. The van der Waals surface area contributed by atoms with Crippen molar-refractivity contribution in [3.05, 3.63) is 39.9 Å². The molecule has 0 aliphatic carbocycles. The Morgan fingerprint density at radius 2 is 2.05 bits per heavy atom. The van der Waals surface area contributed by atoms with Gasteiger partial charge in [0.1, 0.15) is 0 Å². The van der Waals surface area contributed by atoms with Gasteiger partial charge in [-0.3, -0.25) is 10.1 Å². The molecule has 0 saturated heterocycles. The molecule has 0 unspecified atom stereocenters. The highest BCUT2D eigenvalue weighted by Gasteiger charge is 2.24. The van der Waals surface area contributed by atoms with Gasteiger partial charge in [0.2, 0.25) is 0 Å². The Morgan fingerprint density at radius 1 is 1.37 bits per heavy atom. The standard InChI is InChI=1S/C14H22N2O3/c1-3-14(4-2,11-17)10-15-9-12-6-5-7-13(8-12)16(18)19/h5-8,15,17H,3-4,9-11H2,1-2H3. The lowest BCUT2D eigenvalue weighted by molar-refractivity contribution is -0.384. The second-order valence-electron chi connectivity index (χ2n) is 4.90. The fourth-order valence-corrected chi connectivity index (χ4v) is 2.03. The van der Waals surface area contributed by atoms with E-state index in [9.17, 15) is 15.2 Å². The predicted octanol–water partition coefficient (Wildman–Crippen LogP) is 2.48. The van der Waals surface area contributed by atoms with Gasteiger partial charge in [0.05, 0.1) is 4.92 Å². The van der Waals surface area contributed by atoms with Crippen molar-refractivity contribution in [3.8, 4) is 0 Å². The van der Waals surface area contributed by atoms with E-state index < -0.39 is 0 Å². The minimum absolute atomic E-state index is 0.0965. The number of non-ortho nitro benzene ring substituents is 1. The van der Waals surface area contributed by atoms with E-state index in [1.165, 1.54) is 6.07 Å². The molecule has 0 bridgehead atoms. The average Bonchev–Trinajstić information content (AvgIpc) is 2.44. The zero-order valence-corrected chi connectivity index (χ0v) is 11.6. The number of benzene rings is 1. The summed E-state index contributed by atoms with van der Waals surface area (Å²) in [5.74, 6) is 0. The molecule has 5 nitrogen and oxygen atoms in total. The van der Waals surface area contributed by atoms with Crippen LogP contribution in [0.4, 0.5) is 5.69 Å². The summed E-state index contributed by atoms with van der Waals surface area (Å²) in [6.45, 7) is 5.56. The highest BCUT2D eigenvalue weighted by Crippen LogP contribution is 2.24. The van der Waals surface area contributed by atoms with Gasteiger partial charge in [-0.15, -0.1) is 0 Å². The molecular weight excluding hydrogens is 244 g/mol. The summed E-state index contributed by atoms with van der Waals surface area (Å²) in [5, 5.41) is 23.4. The Hall–Kier alpha value is -1.46. The van der Waals surface area contributed by atoms with Crippen LogP contribution in [0.15, 0.2) is 24.3 Å². The highest BCUT2D eigenvalue weighted by atomic mass is 16.6. The van der Waals surface area contributed by atoms with E-state index in [2.05, 4.69) is 19.2 Å². The summed E-state index contributed by atoms with van der Waals surface area (Å²) in [5.41, 5.74) is 0.896. The van der Waals surface area contributed by atoms with Crippen molar-refractivity contribution < 1.29 is 10.0 Å². The zero-order valence-electron chi connectivity index (χ0n) is 11.6. The zero-order chi connectivity index (χ0) is 14.3. The number of nitro groups is 1. The van der Waals surface area contributed by atoms with Gasteiger partial charge in [-0.05, 0) is 18.4 Å². The average molecular weight is 266 g/mol. The van der Waals surface area contributed by atoms with Gasteiger partial charge < -0.3 is 10.4 Å². The fourth-order valence-electron chi connectivity index (χ4n) is 2.03. The van der Waals surface area contributed by atoms with Crippen molar-refractivity contribution in [1.82, 2.24) is 5.32 Å². The normalized spacial score (nSPS) is 11.5. The first-order valence-electron chi connectivity index (χ1n) is 6.62. The maximum absolute atomic E-state index is 10.7. The molecule has 0 amide bonds. The van der Waals surface area contributed by atoms with Gasteiger partial charge in [0.15, 0.2) is 0 Å². The topological polar surface area (TPSA) is 75.4 Å². The van der Waals surface area contributed by atoms with Gasteiger partial charge in [-0.1, -0.05) is 26.0 Å². The van der Waals surface area contributed by atoms with Crippen molar-refractivity contribution in [2.75, 3.05) is 13.2 Å². The van der Waals surface area contributed by atoms with Crippen LogP contribution >= 0.6 is 0 Å². The highest BCUT2D eigenvalue weighted by molar-refractivity contribution is 5.34. The Kier molecular flexibility index (Phi) is 5.92. The number of hydrogen-bond donors (Lipinski definition) is 2. The van der Waals surface area contributed by atoms with Gasteiger partial charge in [0.25, 0.3) is 5.69 Å². The molecule has 106 valence electrons. The van der Waals surface area contributed by atoms with Crippen LogP contribution in [-0.4, -0.2) is 23.2 Å². The Labute approximate surface area is 113 Å². The molecule has 0 aliphatic heterocycles. The van der Waals surface area contributed by atoms with E-state index in [0.717, 1.165) is 18.4 Å². The maximum Gasteiger partial charge on any atom is 0.269 e. The number of aliphatic hydroxyl groups excluding tert-OH is 1. The SMILES string of the molecule is CCC(CC)(CO)CNCc1cccc([N+](=O)[O-])c1. The third-order valence-electron chi connectivity index (χ3n) is 3.79. The molecule has 0 fully saturated rings. The third kappa shape index (κ3) is 4.29. The number of aliphatic hydroxyl groups is 1. The largest absolute Gasteiger partial charge is 0.396 e. The number of nitrogens with zero attached hydrogens (tertiary/aromatic N) is 1. The lowest BCUT2D eigenvalue weighted by atomic mass is 9.83. The van der Waals surface area contributed by atoms with Crippen LogP contribution in [0, 0.1) is 15.5 Å². The molecule has 2 N–H and O–H groups in total. The van der Waals surface area contributed by atoms with Crippen LogP contribution in [0.25, 0.3) is 0 Å². The molecule has 5 heteroatoms. The molecule has 0 saturated carbocycles. The summed E-state index contributed by atoms with van der Waals surface area (Å²) in [4.78, 5) is 10.3. The van der Waals surface area contributed by atoms with Crippen LogP contribution < -0.4 is 5.32 Å². The molecule has 0 atom stereocenters. The van der Waals surface area contributed by atoms with Crippen molar-refractivity contribution in [2.45, 2.75) is 33.2 Å². The first-order valence-corrected chi connectivity index (χ1v) is 6.62. The van der Waals surface area contributed by atoms with Crippen LogP contribution in [-0.2, 0) is 6.54 Å². The quantitative estimate of drug-likeness (QED) is 0.560. The minimum atomic E-state index is -0.389. The van der Waals surface area contributed by atoms with Crippen molar-refractivity contribution >= 4 is 5.69 Å². The first kappa shape index (κ1) is 15.6. The van der Waals surface area contributed by atoms with Gasteiger partial charge in [-0.2, -0.15) is 0 Å². The molecule has 0 heterocycles. The minimum Gasteiger partial charge on any atom is -0.396 e. The summed E-state index contributed by atoms with van der Waals surface area (Å²) < 4.78 is 0. The lowest BCUT2D eigenvalue weighted by Gasteiger charge is -2.29. The smallest absolute Gasteiger partial charge is 0.269 e. The van der Waals surface area contributed by atoms with Crippen LogP contribution in [0.2, 0.25) is 0 Å². The van der Waals surface area contributed by atoms with Crippen LogP contribution in [0.5, 0.6) is 0 Å². The van der Waals surface area contributed by atoms with Crippen molar-refractivity contribution in [1.29, 1.82) is 0 Å². The summed E-state index contributed by atoms with van der Waals surface area (Å²) >= 11 is 0. The summed E-state index contributed by atoms with van der Waals surface area (Å²) in [7, 11) is 0. The number of nitrogens with one attached hydrogen (secondary N) is 1. The Balaban J connectivity index is 2.57. The van der Waals surface area contributed by atoms with Crippen LogP contribution in [0.1, 0.15) is 32.3 Å². The van der Waals surface area contributed by atoms with Gasteiger partial charge in [0, 0.05) is 37.2 Å². The Bertz CT molecular complexity index is 409. The van der Waals surface area contributed by atoms with Crippen molar-refractivity contribution in [3.63, 3.8) is 0 Å². The molecule has 19 heavy (non-hydrogen) atoms. The third-order valence-corrected chi connectivity index (χ3v) is 3.79. The molecular formula is C14H22N2O3. The molecule has 0 spiro atoms. The molecule has 1 aromatic carbocycles. The number of rotatable bonds is 8. The Morgan fingerprint density at radius 3 is 2.58 bits per heavy atom. The van der Waals surface area contributed by atoms with Crippen molar-refractivity contribution in [2.24, 2.45) is 5.41 Å². The summed E-state index contributed by atoms with van der Waals surface area (Å²) in [6.07, 6.45) is 1.81. The predicted molar refractivity (Wildman–Crippen MR) is 74.9 cm³/mol. The molecule has 0 aliphatic rings.